The lowest BCUT2D eigenvalue weighted by atomic mass is 10.1. The van der Waals surface area contributed by atoms with E-state index in [2.05, 4.69) is 14.7 Å². The van der Waals surface area contributed by atoms with E-state index in [1.807, 2.05) is 30.3 Å². The van der Waals surface area contributed by atoms with Gasteiger partial charge in [0.25, 0.3) is 0 Å². The maximum Gasteiger partial charge on any atom is 0.240 e. The van der Waals surface area contributed by atoms with Gasteiger partial charge in [-0.05, 0) is 24.3 Å². The van der Waals surface area contributed by atoms with Gasteiger partial charge in [-0.1, -0.05) is 53.5 Å². The molecule has 1 aromatic heterocycles. The molecule has 3 aromatic rings. The number of nitrogens with one attached hydrogen (secondary N) is 1. The zero-order valence-corrected chi connectivity index (χ0v) is 15.2. The van der Waals surface area contributed by atoms with Crippen molar-refractivity contribution in [2.24, 2.45) is 0 Å². The highest BCUT2D eigenvalue weighted by Crippen LogP contribution is 2.25. The second-order valence-corrected chi connectivity index (χ2v) is 7.74. The fraction of sp³-hybridized carbons (Fsp3) is 0.0588. The molecule has 3 rings (SSSR count). The van der Waals surface area contributed by atoms with Crippen molar-refractivity contribution >= 4 is 33.2 Å². The molecule has 5 nitrogen and oxygen atoms in total. The Kier molecular flexibility index (Phi) is 5.34. The Morgan fingerprint density at radius 3 is 2.40 bits per heavy atom. The maximum atomic E-state index is 12.4. The first-order chi connectivity index (χ1) is 12.0. The van der Waals surface area contributed by atoms with Gasteiger partial charge in [0.1, 0.15) is 6.33 Å². The van der Waals surface area contributed by atoms with Crippen molar-refractivity contribution in [2.75, 3.05) is 0 Å². The van der Waals surface area contributed by atoms with Gasteiger partial charge in [0.15, 0.2) is 0 Å². The quantitative estimate of drug-likeness (QED) is 0.712. The molecule has 0 aliphatic heterocycles. The van der Waals surface area contributed by atoms with Crippen molar-refractivity contribution in [1.82, 2.24) is 14.7 Å². The first kappa shape index (κ1) is 17.8. The smallest absolute Gasteiger partial charge is 0.240 e. The number of sulfonamides is 1. The lowest BCUT2D eigenvalue weighted by molar-refractivity contribution is 0.580. The number of aromatic nitrogens is 2. The maximum absolute atomic E-state index is 12.4. The van der Waals surface area contributed by atoms with Crippen LogP contribution in [-0.4, -0.2) is 18.4 Å². The fourth-order valence-electron chi connectivity index (χ4n) is 2.16. The van der Waals surface area contributed by atoms with Crippen LogP contribution in [0.3, 0.4) is 0 Å². The molecular weight excluding hydrogens is 381 g/mol. The minimum atomic E-state index is -3.73. The summed E-state index contributed by atoms with van der Waals surface area (Å²) in [7, 11) is -3.73. The number of halogens is 2. The largest absolute Gasteiger partial charge is 0.240 e. The molecule has 128 valence electrons. The van der Waals surface area contributed by atoms with Gasteiger partial charge >= 0.3 is 0 Å². The number of hydrogen-bond donors (Lipinski definition) is 1. The minimum Gasteiger partial charge on any atom is -0.240 e. The normalized spacial score (nSPS) is 11.4. The molecule has 8 heteroatoms. The summed E-state index contributed by atoms with van der Waals surface area (Å²) in [5.41, 5.74) is 2.20. The van der Waals surface area contributed by atoms with Gasteiger partial charge < -0.3 is 0 Å². The van der Waals surface area contributed by atoms with E-state index in [-0.39, 0.29) is 16.5 Å². The molecule has 0 aliphatic carbocycles. The Hall–Kier alpha value is -1.99. The first-order valence-corrected chi connectivity index (χ1v) is 9.51. The second-order valence-electron chi connectivity index (χ2n) is 5.16. The van der Waals surface area contributed by atoms with E-state index in [0.29, 0.717) is 10.7 Å². The van der Waals surface area contributed by atoms with Crippen LogP contribution in [0, 0.1) is 0 Å². The first-order valence-electron chi connectivity index (χ1n) is 7.27. The van der Waals surface area contributed by atoms with Crippen LogP contribution in [0.15, 0.2) is 65.8 Å². The van der Waals surface area contributed by atoms with Crippen molar-refractivity contribution in [3.8, 4) is 11.3 Å². The Morgan fingerprint density at radius 2 is 1.68 bits per heavy atom. The molecule has 0 unspecified atom stereocenters. The predicted molar refractivity (Wildman–Crippen MR) is 98.0 cm³/mol. The van der Waals surface area contributed by atoms with Crippen molar-refractivity contribution < 1.29 is 8.42 Å². The number of nitrogens with zero attached hydrogens (tertiary/aromatic N) is 2. The van der Waals surface area contributed by atoms with Crippen LogP contribution >= 0.6 is 23.2 Å². The molecule has 1 N–H and O–H groups in total. The average Bonchev–Trinajstić information content (AvgIpc) is 2.63. The summed E-state index contributed by atoms with van der Waals surface area (Å²) in [5, 5.41) is 0.474. The van der Waals surface area contributed by atoms with E-state index < -0.39 is 10.0 Å². The highest BCUT2D eigenvalue weighted by Gasteiger charge is 2.15. The van der Waals surface area contributed by atoms with E-state index in [0.717, 1.165) is 11.3 Å². The molecule has 1 heterocycles. The summed E-state index contributed by atoms with van der Waals surface area (Å²) < 4.78 is 27.2. The van der Waals surface area contributed by atoms with Gasteiger partial charge in [-0.2, -0.15) is 0 Å². The molecule has 25 heavy (non-hydrogen) atoms. The molecule has 0 saturated heterocycles. The zero-order chi connectivity index (χ0) is 17.9. The molecule has 0 saturated carbocycles. The van der Waals surface area contributed by atoms with Crippen LogP contribution in [-0.2, 0) is 16.6 Å². The molecule has 0 atom stereocenters. The van der Waals surface area contributed by atoms with Crippen LogP contribution in [0.25, 0.3) is 11.3 Å². The third kappa shape index (κ3) is 4.35. The van der Waals surface area contributed by atoms with Crippen LogP contribution in [0.1, 0.15) is 5.69 Å². The molecule has 0 spiro atoms. The Bertz CT molecular complexity index is 996. The van der Waals surface area contributed by atoms with Crippen molar-refractivity contribution in [1.29, 1.82) is 0 Å². The molecule has 0 radical (unpaired) electrons. The molecular formula is C17H13Cl2N3O2S. The molecule has 0 aliphatic rings. The Labute approximate surface area is 155 Å². The van der Waals surface area contributed by atoms with E-state index in [4.69, 9.17) is 23.2 Å². The van der Waals surface area contributed by atoms with Crippen molar-refractivity contribution in [2.45, 2.75) is 11.4 Å². The summed E-state index contributed by atoms with van der Waals surface area (Å²) in [6.07, 6.45) is 1.41. The topological polar surface area (TPSA) is 72.0 Å². The van der Waals surface area contributed by atoms with Gasteiger partial charge in [0.05, 0.1) is 32.9 Å². The van der Waals surface area contributed by atoms with Crippen molar-refractivity contribution in [3.63, 3.8) is 0 Å². The second kappa shape index (κ2) is 7.49. The highest BCUT2D eigenvalue weighted by molar-refractivity contribution is 7.89. The van der Waals surface area contributed by atoms with Crippen LogP contribution in [0.4, 0.5) is 0 Å². The third-order valence-corrected chi connectivity index (χ3v) is 5.58. The SMILES string of the molecule is O=S(=O)(NCc1cc(-c2ccccc2)ncn1)c1ccc(Cl)c(Cl)c1. The fourth-order valence-corrected chi connectivity index (χ4v) is 3.54. The standard InChI is InChI=1S/C17H13Cl2N3O2S/c18-15-7-6-14(9-16(15)19)25(23,24)22-10-13-8-17(21-11-20-13)12-4-2-1-3-5-12/h1-9,11,22H,10H2. The van der Waals surface area contributed by atoms with Gasteiger partial charge in [0.2, 0.25) is 10.0 Å². The summed E-state index contributed by atoms with van der Waals surface area (Å²) in [4.78, 5) is 8.36. The van der Waals surface area contributed by atoms with Gasteiger partial charge in [-0.3, -0.25) is 0 Å². The monoisotopic (exact) mass is 393 g/mol. The number of hydrogen-bond acceptors (Lipinski definition) is 4. The zero-order valence-electron chi connectivity index (χ0n) is 12.9. The Morgan fingerprint density at radius 1 is 0.920 bits per heavy atom. The van der Waals surface area contributed by atoms with Gasteiger partial charge in [0, 0.05) is 5.56 Å². The molecule has 0 bridgehead atoms. The van der Waals surface area contributed by atoms with E-state index in [1.165, 1.54) is 24.5 Å². The lowest BCUT2D eigenvalue weighted by Gasteiger charge is -2.08. The molecule has 2 aromatic carbocycles. The van der Waals surface area contributed by atoms with E-state index in [9.17, 15) is 8.42 Å². The van der Waals surface area contributed by atoms with Gasteiger partial charge in [-0.15, -0.1) is 0 Å². The average molecular weight is 394 g/mol. The summed E-state index contributed by atoms with van der Waals surface area (Å²) >= 11 is 11.7. The third-order valence-electron chi connectivity index (χ3n) is 3.44. The Balaban J connectivity index is 1.78. The number of rotatable bonds is 5. The van der Waals surface area contributed by atoms with Gasteiger partial charge in [-0.25, -0.2) is 23.1 Å². The molecule has 0 amide bonds. The lowest BCUT2D eigenvalue weighted by Crippen LogP contribution is -2.23. The summed E-state index contributed by atoms with van der Waals surface area (Å²) in [6, 6.07) is 15.5. The van der Waals surface area contributed by atoms with Crippen molar-refractivity contribution in [3.05, 3.63) is 76.7 Å². The van der Waals surface area contributed by atoms with Crippen LogP contribution in [0.5, 0.6) is 0 Å². The number of benzene rings is 2. The van der Waals surface area contributed by atoms with E-state index >= 15 is 0 Å². The molecule has 0 fully saturated rings. The van der Waals surface area contributed by atoms with Crippen LogP contribution in [0.2, 0.25) is 10.0 Å². The minimum absolute atomic E-state index is 0.0327. The predicted octanol–water partition coefficient (Wildman–Crippen LogP) is 3.93. The summed E-state index contributed by atoms with van der Waals surface area (Å²) in [5.74, 6) is 0. The van der Waals surface area contributed by atoms with E-state index in [1.54, 1.807) is 6.07 Å². The summed E-state index contributed by atoms with van der Waals surface area (Å²) in [6.45, 7) is 0.0327. The highest BCUT2D eigenvalue weighted by atomic mass is 35.5. The van der Waals surface area contributed by atoms with Crippen LogP contribution < -0.4 is 4.72 Å².